The van der Waals surface area contributed by atoms with Crippen LogP contribution in [0.5, 0.6) is 6.01 Å². The second-order valence-electron chi connectivity index (χ2n) is 7.02. The average Bonchev–Trinajstić information content (AvgIpc) is 3.47. The van der Waals surface area contributed by atoms with Crippen molar-refractivity contribution in [1.82, 2.24) is 20.1 Å². The van der Waals surface area contributed by atoms with E-state index in [2.05, 4.69) is 15.4 Å². The first kappa shape index (κ1) is 22.0. The molecule has 3 N–H and O–H groups in total. The van der Waals surface area contributed by atoms with E-state index in [0.717, 1.165) is 15.8 Å². The lowest BCUT2D eigenvalue weighted by Crippen LogP contribution is -2.52. The van der Waals surface area contributed by atoms with Crippen molar-refractivity contribution in [2.45, 2.75) is 31.5 Å². The zero-order chi connectivity index (χ0) is 22.7. The fraction of sp³-hybridized carbons (Fsp3) is 0.350. The van der Waals surface area contributed by atoms with Crippen molar-refractivity contribution in [2.75, 3.05) is 13.2 Å². The zero-order valence-corrected chi connectivity index (χ0v) is 16.7. The summed E-state index contributed by atoms with van der Waals surface area (Å²) < 4.78 is 57.2. The molecule has 2 unspecified atom stereocenters. The Balaban J connectivity index is 1.64. The first-order chi connectivity index (χ1) is 15.4. The quantitative estimate of drug-likeness (QED) is 0.586. The molecule has 1 saturated heterocycles. The molecule has 3 heterocycles. The molecule has 170 valence electrons. The number of alkyl halides is 3. The van der Waals surface area contributed by atoms with Crippen LogP contribution in [0.15, 0.2) is 47.1 Å². The van der Waals surface area contributed by atoms with Gasteiger partial charge < -0.3 is 24.9 Å². The van der Waals surface area contributed by atoms with E-state index >= 15 is 0 Å². The van der Waals surface area contributed by atoms with Gasteiger partial charge in [-0.2, -0.15) is 18.2 Å². The summed E-state index contributed by atoms with van der Waals surface area (Å²) in [6, 6.07) is 7.80. The van der Waals surface area contributed by atoms with E-state index in [1.807, 2.05) is 12.1 Å². The number of ether oxygens (including phenoxy) is 2. The molecule has 1 aromatic carbocycles. The van der Waals surface area contributed by atoms with Crippen LogP contribution in [0.3, 0.4) is 0 Å². The first-order valence-electron chi connectivity index (χ1n) is 9.74. The van der Waals surface area contributed by atoms with E-state index in [1.165, 1.54) is 18.4 Å². The first-order valence-corrected chi connectivity index (χ1v) is 9.74. The highest BCUT2D eigenvalue weighted by Crippen LogP contribution is 2.34. The van der Waals surface area contributed by atoms with Gasteiger partial charge in [-0.3, -0.25) is 4.79 Å². The van der Waals surface area contributed by atoms with Gasteiger partial charge in [-0.25, -0.2) is 0 Å². The van der Waals surface area contributed by atoms with E-state index < -0.39 is 24.2 Å². The van der Waals surface area contributed by atoms with Crippen LogP contribution >= 0.6 is 0 Å². The van der Waals surface area contributed by atoms with Crippen LogP contribution in [0.2, 0.25) is 0 Å². The summed E-state index contributed by atoms with van der Waals surface area (Å²) in [5, 5.41) is 6.35. The molecule has 12 heteroatoms. The van der Waals surface area contributed by atoms with Gasteiger partial charge in [0.15, 0.2) is 11.6 Å². The summed E-state index contributed by atoms with van der Waals surface area (Å²) >= 11 is 0. The second-order valence-corrected chi connectivity index (χ2v) is 7.02. The number of carbonyl (C=O) groups is 1. The maximum atomic E-state index is 13.5. The van der Waals surface area contributed by atoms with Crippen molar-refractivity contribution in [3.8, 4) is 6.01 Å². The van der Waals surface area contributed by atoms with Gasteiger partial charge in [-0.05, 0) is 23.3 Å². The third-order valence-corrected chi connectivity index (χ3v) is 4.82. The Kier molecular flexibility index (Phi) is 6.26. The molecule has 9 nitrogen and oxygen atoms in total. The summed E-state index contributed by atoms with van der Waals surface area (Å²) in [6.45, 7) is 0.434. The van der Waals surface area contributed by atoms with Crippen LogP contribution < -0.4 is 15.8 Å². The number of nitrogens with one attached hydrogen (secondary N) is 1. The topological polar surface area (TPSA) is 117 Å². The van der Waals surface area contributed by atoms with E-state index in [4.69, 9.17) is 19.6 Å². The summed E-state index contributed by atoms with van der Waals surface area (Å²) in [4.78, 5) is 16.9. The highest BCUT2D eigenvalue weighted by molar-refractivity contribution is 5.93. The van der Waals surface area contributed by atoms with Crippen LogP contribution in [-0.4, -0.2) is 46.0 Å². The monoisotopic (exact) mass is 451 g/mol. The maximum absolute atomic E-state index is 13.5. The predicted molar refractivity (Wildman–Crippen MR) is 104 cm³/mol. The van der Waals surface area contributed by atoms with Crippen LogP contribution in [0.1, 0.15) is 33.6 Å². The molecule has 32 heavy (non-hydrogen) atoms. The fourth-order valence-corrected chi connectivity index (χ4v) is 3.20. The molecule has 0 spiro atoms. The molecule has 0 bridgehead atoms. The lowest BCUT2D eigenvalue weighted by molar-refractivity contribution is -0.199. The van der Waals surface area contributed by atoms with Gasteiger partial charge in [-0.15, -0.1) is 9.78 Å². The van der Waals surface area contributed by atoms with E-state index in [9.17, 15) is 18.0 Å². The van der Waals surface area contributed by atoms with Gasteiger partial charge in [-0.1, -0.05) is 24.3 Å². The number of nitrogens with zero attached hydrogens (tertiary/aromatic N) is 3. The van der Waals surface area contributed by atoms with Crippen molar-refractivity contribution >= 4 is 5.91 Å². The number of nitrogens with two attached hydrogens (primary N) is 1. The molecule has 2 aromatic heterocycles. The number of rotatable bonds is 6. The average molecular weight is 451 g/mol. The number of morpholine rings is 1. The highest BCUT2D eigenvalue weighted by atomic mass is 19.4. The molecule has 1 fully saturated rings. The molecule has 0 saturated carbocycles. The molecule has 1 aliphatic rings. The third kappa shape index (κ3) is 4.66. The standard InChI is InChI=1S/C20H20F3N5O4/c21-20(22,23)16-15(31-9-7-25-16)17-26-19(28(27-17)18(29)14-2-1-8-30-14)32-11-13-5-3-12(10-24)4-6-13/h1-6,8,15-16,25H,7,9-11,24H2. The number of hydrogen-bond acceptors (Lipinski definition) is 8. The van der Waals surface area contributed by atoms with E-state index in [-0.39, 0.29) is 37.4 Å². The van der Waals surface area contributed by atoms with Crippen LogP contribution in [0, 0.1) is 0 Å². The molecule has 1 aliphatic heterocycles. The Bertz CT molecular complexity index is 1050. The smallest absolute Gasteiger partial charge is 0.406 e. The van der Waals surface area contributed by atoms with Crippen molar-refractivity contribution in [2.24, 2.45) is 5.73 Å². The number of aromatic nitrogens is 3. The minimum absolute atomic E-state index is 0.000886. The largest absolute Gasteiger partial charge is 0.459 e. The van der Waals surface area contributed by atoms with E-state index in [1.54, 1.807) is 12.1 Å². The Morgan fingerprint density at radius 2 is 2.00 bits per heavy atom. The number of halogens is 3. The summed E-state index contributed by atoms with van der Waals surface area (Å²) in [7, 11) is 0. The normalized spacial score (nSPS) is 19.1. The van der Waals surface area contributed by atoms with Gasteiger partial charge in [0, 0.05) is 13.1 Å². The number of benzene rings is 1. The minimum Gasteiger partial charge on any atom is -0.459 e. The van der Waals surface area contributed by atoms with Gasteiger partial charge in [0.2, 0.25) is 0 Å². The molecule has 0 amide bonds. The second kappa shape index (κ2) is 9.10. The zero-order valence-electron chi connectivity index (χ0n) is 16.7. The number of carbonyl (C=O) groups excluding carboxylic acids is 1. The summed E-state index contributed by atoms with van der Waals surface area (Å²) in [5.41, 5.74) is 7.25. The maximum Gasteiger partial charge on any atom is 0.406 e. The van der Waals surface area contributed by atoms with Crippen molar-refractivity contribution in [3.63, 3.8) is 0 Å². The Labute approximate surface area is 180 Å². The van der Waals surface area contributed by atoms with Gasteiger partial charge >= 0.3 is 18.1 Å². The SMILES string of the molecule is NCc1ccc(COc2nc(C3OCCNC3C(F)(F)F)nn2C(=O)c2ccco2)cc1. The molecule has 2 atom stereocenters. The lowest BCUT2D eigenvalue weighted by atomic mass is 10.1. The summed E-state index contributed by atoms with van der Waals surface area (Å²) in [5.74, 6) is -1.14. The Morgan fingerprint density at radius 3 is 2.66 bits per heavy atom. The highest BCUT2D eigenvalue weighted by Gasteiger charge is 2.49. The van der Waals surface area contributed by atoms with Crippen LogP contribution in [0.25, 0.3) is 0 Å². The molecular weight excluding hydrogens is 431 g/mol. The molecule has 0 aliphatic carbocycles. The summed E-state index contributed by atoms with van der Waals surface area (Å²) in [6.07, 6.45) is -4.85. The van der Waals surface area contributed by atoms with Crippen LogP contribution in [0.4, 0.5) is 13.2 Å². The Hall–Kier alpha value is -3.22. The Morgan fingerprint density at radius 1 is 1.25 bits per heavy atom. The van der Waals surface area contributed by atoms with Gasteiger partial charge in [0.1, 0.15) is 18.8 Å². The fourth-order valence-electron chi connectivity index (χ4n) is 3.20. The van der Waals surface area contributed by atoms with Crippen molar-refractivity contribution < 1.29 is 31.9 Å². The molecular formula is C20H20F3N5O4. The van der Waals surface area contributed by atoms with Gasteiger partial charge in [0.05, 0.1) is 12.9 Å². The lowest BCUT2D eigenvalue weighted by Gasteiger charge is -2.32. The minimum atomic E-state index is -4.60. The predicted octanol–water partition coefficient (Wildman–Crippen LogP) is 2.19. The van der Waals surface area contributed by atoms with Gasteiger partial charge in [0.25, 0.3) is 0 Å². The molecule has 3 aromatic rings. The number of hydrogen-bond donors (Lipinski definition) is 2. The molecule has 4 rings (SSSR count). The van der Waals surface area contributed by atoms with Crippen LogP contribution in [-0.2, 0) is 17.9 Å². The van der Waals surface area contributed by atoms with Crippen molar-refractivity contribution in [3.05, 3.63) is 65.4 Å². The van der Waals surface area contributed by atoms with E-state index in [0.29, 0.717) is 6.54 Å². The third-order valence-electron chi connectivity index (χ3n) is 4.82. The van der Waals surface area contributed by atoms with Crippen molar-refractivity contribution in [1.29, 1.82) is 0 Å². The number of furan rings is 1. The molecule has 0 radical (unpaired) electrons.